The van der Waals surface area contributed by atoms with Crippen LogP contribution < -0.4 is 5.32 Å². The average molecular weight is 214 g/mol. The third-order valence-electron chi connectivity index (χ3n) is 2.13. The van der Waals surface area contributed by atoms with Crippen LogP contribution in [0.4, 0.5) is 4.39 Å². The lowest BCUT2D eigenvalue weighted by Gasteiger charge is -2.21. The molecule has 2 nitrogen and oxygen atoms in total. The van der Waals surface area contributed by atoms with Crippen LogP contribution in [0.15, 0.2) is 24.4 Å². The summed E-state index contributed by atoms with van der Waals surface area (Å²) in [5.41, 5.74) is 1.12. The van der Waals surface area contributed by atoms with Crippen molar-refractivity contribution in [3.8, 4) is 0 Å². The van der Waals surface area contributed by atoms with Crippen LogP contribution in [0.5, 0.6) is 0 Å². The molecule has 1 heterocycles. The van der Waals surface area contributed by atoms with Crippen LogP contribution in [-0.4, -0.2) is 7.11 Å². The van der Waals surface area contributed by atoms with Gasteiger partial charge in [-0.05, 0) is 18.2 Å². The molecule has 0 spiro atoms. The minimum Gasteiger partial charge on any atom is -0.495 e. The topological polar surface area (TPSA) is 21.3 Å². The smallest absolute Gasteiger partial charge is 0.142 e. The molecule has 1 aliphatic heterocycles. The first-order valence-electron chi connectivity index (χ1n) is 4.16. The molecule has 0 aromatic heterocycles. The molecule has 1 atom stereocenters. The van der Waals surface area contributed by atoms with Crippen LogP contribution in [0.2, 0.25) is 0 Å². The van der Waals surface area contributed by atoms with Crippen molar-refractivity contribution in [2.75, 3.05) is 7.11 Å². The second kappa shape index (κ2) is 3.50. The first-order chi connectivity index (χ1) is 6.72. The summed E-state index contributed by atoms with van der Waals surface area (Å²) in [4.78, 5) is 0. The highest BCUT2D eigenvalue weighted by atomic mass is 35.5. The Hall–Kier alpha value is -1.22. The monoisotopic (exact) mass is 213 g/mol. The molecule has 1 aromatic rings. The number of fused-ring (bicyclic) bond motifs is 1. The quantitative estimate of drug-likeness (QED) is 0.572. The van der Waals surface area contributed by atoms with Crippen molar-refractivity contribution in [3.05, 3.63) is 41.3 Å². The van der Waals surface area contributed by atoms with Gasteiger partial charge in [0.15, 0.2) is 0 Å². The molecule has 0 amide bonds. The van der Waals surface area contributed by atoms with E-state index in [1.54, 1.807) is 19.4 Å². The van der Waals surface area contributed by atoms with Gasteiger partial charge in [-0.2, -0.15) is 0 Å². The molecular formula is C10H9ClFNO. The zero-order chi connectivity index (χ0) is 10.1. The summed E-state index contributed by atoms with van der Waals surface area (Å²) in [7, 11) is 1.56. The van der Waals surface area contributed by atoms with Crippen LogP contribution in [0, 0.1) is 5.82 Å². The standard InChI is InChI=1S/C10H9ClFNO/c1-14-9-5-13-10(11)8-4-6(12)2-3-7(8)9/h2-5,10,13H,1H3. The average Bonchev–Trinajstić information content (AvgIpc) is 2.19. The van der Waals surface area contributed by atoms with E-state index in [4.69, 9.17) is 16.3 Å². The van der Waals surface area contributed by atoms with E-state index in [1.165, 1.54) is 12.1 Å². The predicted molar refractivity (Wildman–Crippen MR) is 53.1 cm³/mol. The lowest BCUT2D eigenvalue weighted by atomic mass is 10.0. The van der Waals surface area contributed by atoms with Gasteiger partial charge in [-0.3, -0.25) is 0 Å². The zero-order valence-corrected chi connectivity index (χ0v) is 8.31. The summed E-state index contributed by atoms with van der Waals surface area (Å²) in [6.45, 7) is 0. The molecule has 0 bridgehead atoms. The molecule has 4 heteroatoms. The molecule has 1 N–H and O–H groups in total. The number of nitrogens with one attached hydrogen (secondary N) is 1. The van der Waals surface area contributed by atoms with Gasteiger partial charge in [-0.1, -0.05) is 11.6 Å². The molecule has 1 unspecified atom stereocenters. The molecule has 0 fully saturated rings. The third-order valence-corrected chi connectivity index (χ3v) is 2.49. The van der Waals surface area contributed by atoms with Crippen molar-refractivity contribution in [2.24, 2.45) is 0 Å². The largest absolute Gasteiger partial charge is 0.495 e. The van der Waals surface area contributed by atoms with Crippen molar-refractivity contribution in [3.63, 3.8) is 0 Å². The first kappa shape index (κ1) is 9.34. The van der Waals surface area contributed by atoms with Gasteiger partial charge in [0, 0.05) is 17.3 Å². The van der Waals surface area contributed by atoms with E-state index < -0.39 is 5.50 Å². The van der Waals surface area contributed by atoms with E-state index in [-0.39, 0.29) is 5.82 Å². The molecule has 1 aromatic carbocycles. The Bertz CT molecular complexity index is 392. The van der Waals surface area contributed by atoms with Crippen LogP contribution in [0.3, 0.4) is 0 Å². The number of benzene rings is 1. The number of halogens is 2. The van der Waals surface area contributed by atoms with E-state index in [1.807, 2.05) is 0 Å². The summed E-state index contributed by atoms with van der Waals surface area (Å²) < 4.78 is 18.1. The van der Waals surface area contributed by atoms with Crippen LogP contribution in [0.25, 0.3) is 5.76 Å². The molecule has 0 saturated heterocycles. The van der Waals surface area contributed by atoms with Crippen molar-refractivity contribution < 1.29 is 9.13 Å². The second-order valence-corrected chi connectivity index (χ2v) is 3.41. The summed E-state index contributed by atoms with van der Waals surface area (Å²) in [6.07, 6.45) is 1.68. The van der Waals surface area contributed by atoms with Crippen molar-refractivity contribution in [1.82, 2.24) is 5.32 Å². The van der Waals surface area contributed by atoms with Gasteiger partial charge < -0.3 is 10.1 Å². The summed E-state index contributed by atoms with van der Waals surface area (Å²) in [5, 5.41) is 2.88. The number of alkyl halides is 1. The molecule has 2 rings (SSSR count). The highest BCUT2D eigenvalue weighted by Crippen LogP contribution is 2.31. The van der Waals surface area contributed by atoms with Gasteiger partial charge in [0.25, 0.3) is 0 Å². The number of methoxy groups -OCH3 is 1. The third kappa shape index (κ3) is 1.44. The second-order valence-electron chi connectivity index (χ2n) is 2.97. The van der Waals surface area contributed by atoms with Crippen molar-refractivity contribution >= 4 is 17.4 Å². The lowest BCUT2D eigenvalue weighted by Crippen LogP contribution is -2.17. The van der Waals surface area contributed by atoms with Crippen molar-refractivity contribution in [1.29, 1.82) is 0 Å². The predicted octanol–water partition coefficient (Wildman–Crippen LogP) is 2.61. The van der Waals surface area contributed by atoms with E-state index >= 15 is 0 Å². The first-order valence-corrected chi connectivity index (χ1v) is 4.60. The molecule has 0 saturated carbocycles. The lowest BCUT2D eigenvalue weighted by molar-refractivity contribution is 0.364. The minimum absolute atomic E-state index is 0.298. The van der Waals surface area contributed by atoms with E-state index in [2.05, 4.69) is 5.32 Å². The summed E-state index contributed by atoms with van der Waals surface area (Å²) in [6, 6.07) is 4.46. The normalized spacial score (nSPS) is 19.4. The van der Waals surface area contributed by atoms with Gasteiger partial charge >= 0.3 is 0 Å². The highest BCUT2D eigenvalue weighted by Gasteiger charge is 2.20. The number of hydrogen-bond donors (Lipinski definition) is 1. The Kier molecular flexibility index (Phi) is 2.33. The van der Waals surface area contributed by atoms with Crippen LogP contribution in [0.1, 0.15) is 16.6 Å². The van der Waals surface area contributed by atoms with Gasteiger partial charge in [-0.15, -0.1) is 0 Å². The van der Waals surface area contributed by atoms with Crippen LogP contribution in [-0.2, 0) is 4.74 Å². The summed E-state index contributed by atoms with van der Waals surface area (Å²) >= 11 is 5.96. The fourth-order valence-corrected chi connectivity index (χ4v) is 1.70. The Morgan fingerprint density at radius 3 is 3.00 bits per heavy atom. The molecule has 74 valence electrons. The fourth-order valence-electron chi connectivity index (χ4n) is 1.45. The molecule has 1 aliphatic rings. The maximum absolute atomic E-state index is 13.0. The Morgan fingerprint density at radius 1 is 1.50 bits per heavy atom. The SMILES string of the molecule is COC1=CNC(Cl)c2cc(F)ccc21. The van der Waals surface area contributed by atoms with Gasteiger partial charge in [-0.25, -0.2) is 4.39 Å². The number of hydrogen-bond acceptors (Lipinski definition) is 2. The fraction of sp³-hybridized carbons (Fsp3) is 0.200. The van der Waals surface area contributed by atoms with Crippen molar-refractivity contribution in [2.45, 2.75) is 5.50 Å². The molecule has 0 radical (unpaired) electrons. The molecule has 14 heavy (non-hydrogen) atoms. The Balaban J connectivity index is 2.54. The van der Waals surface area contributed by atoms with Gasteiger partial charge in [0.2, 0.25) is 0 Å². The summed E-state index contributed by atoms with van der Waals surface area (Å²) in [5.74, 6) is 0.366. The number of ether oxygens (including phenoxy) is 1. The Labute approximate surface area is 86.3 Å². The van der Waals surface area contributed by atoms with E-state index in [0.29, 0.717) is 11.3 Å². The highest BCUT2D eigenvalue weighted by molar-refractivity contribution is 6.21. The maximum atomic E-state index is 13.0. The molecular weight excluding hydrogens is 205 g/mol. The van der Waals surface area contributed by atoms with E-state index in [0.717, 1.165) is 5.56 Å². The van der Waals surface area contributed by atoms with Gasteiger partial charge in [0.1, 0.15) is 17.1 Å². The number of rotatable bonds is 1. The molecule has 0 aliphatic carbocycles. The Morgan fingerprint density at radius 2 is 2.29 bits per heavy atom. The minimum atomic E-state index is -0.403. The maximum Gasteiger partial charge on any atom is 0.142 e. The van der Waals surface area contributed by atoms with Crippen LogP contribution >= 0.6 is 11.6 Å². The zero-order valence-electron chi connectivity index (χ0n) is 7.55. The van der Waals surface area contributed by atoms with Gasteiger partial charge in [0.05, 0.1) is 7.11 Å². The van der Waals surface area contributed by atoms with E-state index in [9.17, 15) is 4.39 Å².